The lowest BCUT2D eigenvalue weighted by atomic mass is 9.74. The highest BCUT2D eigenvalue weighted by Crippen LogP contribution is 2.33. The van der Waals surface area contributed by atoms with Crippen molar-refractivity contribution in [1.29, 1.82) is 0 Å². The Morgan fingerprint density at radius 3 is 2.38 bits per heavy atom. The van der Waals surface area contributed by atoms with Gasteiger partial charge in [-0.1, -0.05) is 13.8 Å². The number of aromatic nitrogens is 1. The van der Waals surface area contributed by atoms with Crippen LogP contribution in [0.2, 0.25) is 0 Å². The molecule has 1 N–H and O–H groups in total. The van der Waals surface area contributed by atoms with Crippen molar-refractivity contribution in [3.05, 3.63) is 24.5 Å². The van der Waals surface area contributed by atoms with Gasteiger partial charge in [0.25, 0.3) is 0 Å². The summed E-state index contributed by atoms with van der Waals surface area (Å²) in [6.07, 6.45) is 6.77. The molecule has 1 aromatic heterocycles. The minimum Gasteiger partial charge on any atom is -0.323 e. The topological polar surface area (TPSA) is 17.0 Å². The molecule has 0 aliphatic heterocycles. The van der Waals surface area contributed by atoms with Gasteiger partial charge in [-0.05, 0) is 36.8 Å². The van der Waals surface area contributed by atoms with Crippen molar-refractivity contribution in [2.45, 2.75) is 32.7 Å². The largest absolute Gasteiger partial charge is 0.323 e. The van der Waals surface area contributed by atoms with Crippen LogP contribution in [0.4, 0.5) is 0 Å². The molecule has 0 aromatic carbocycles. The van der Waals surface area contributed by atoms with Crippen molar-refractivity contribution < 1.29 is 0 Å². The molecule has 1 heterocycles. The minimum atomic E-state index is 0.694. The Morgan fingerprint density at radius 1 is 1.23 bits per heavy atom. The molecule has 0 spiro atoms. The fraction of sp³-hybridized carbons (Fsp3) is 0.636. The van der Waals surface area contributed by atoms with E-state index in [0.29, 0.717) is 6.04 Å². The fourth-order valence-electron chi connectivity index (χ4n) is 1.94. The molecule has 0 saturated heterocycles. The fourth-order valence-corrected chi connectivity index (χ4v) is 1.94. The van der Waals surface area contributed by atoms with Crippen molar-refractivity contribution in [3.63, 3.8) is 0 Å². The van der Waals surface area contributed by atoms with Gasteiger partial charge in [-0.15, -0.1) is 0 Å². The number of nitrogens with one attached hydrogen (secondary N) is 1. The van der Waals surface area contributed by atoms with Gasteiger partial charge in [0.1, 0.15) is 0 Å². The quantitative estimate of drug-likeness (QED) is 0.752. The van der Waals surface area contributed by atoms with Gasteiger partial charge < -0.3 is 5.43 Å². The maximum atomic E-state index is 3.46. The van der Waals surface area contributed by atoms with Crippen LogP contribution in [0.5, 0.6) is 0 Å². The Labute approximate surface area is 79.9 Å². The number of rotatable bonds is 3. The summed E-state index contributed by atoms with van der Waals surface area (Å²) in [5.74, 6) is 1.79. The zero-order valence-electron chi connectivity index (χ0n) is 8.40. The summed E-state index contributed by atoms with van der Waals surface area (Å²) in [4.78, 5) is 0. The van der Waals surface area contributed by atoms with E-state index in [0.717, 1.165) is 11.8 Å². The third-order valence-electron chi connectivity index (χ3n) is 3.05. The average Bonchev–Trinajstić information content (AvgIpc) is 2.46. The van der Waals surface area contributed by atoms with Crippen LogP contribution in [-0.2, 0) is 0 Å². The van der Waals surface area contributed by atoms with Crippen molar-refractivity contribution in [3.8, 4) is 0 Å². The van der Waals surface area contributed by atoms with Gasteiger partial charge in [0.05, 0.1) is 0 Å². The van der Waals surface area contributed by atoms with Gasteiger partial charge in [0.2, 0.25) is 0 Å². The van der Waals surface area contributed by atoms with Crippen molar-refractivity contribution in [2.24, 2.45) is 11.8 Å². The lowest BCUT2D eigenvalue weighted by Crippen LogP contribution is -2.41. The lowest BCUT2D eigenvalue weighted by molar-refractivity contribution is 0.202. The first-order valence-electron chi connectivity index (χ1n) is 5.15. The Morgan fingerprint density at radius 2 is 1.85 bits per heavy atom. The van der Waals surface area contributed by atoms with Crippen LogP contribution < -0.4 is 5.43 Å². The number of hydrogen-bond donors (Lipinski definition) is 1. The van der Waals surface area contributed by atoms with E-state index in [4.69, 9.17) is 0 Å². The molecular weight excluding hydrogens is 160 g/mol. The van der Waals surface area contributed by atoms with Gasteiger partial charge in [0.15, 0.2) is 0 Å². The molecule has 1 saturated carbocycles. The SMILES string of the molecule is CC(C)C1CC(Nn2cccc2)C1. The molecule has 2 rings (SSSR count). The Kier molecular flexibility index (Phi) is 2.30. The summed E-state index contributed by atoms with van der Waals surface area (Å²) in [6, 6.07) is 4.79. The summed E-state index contributed by atoms with van der Waals surface area (Å²) in [5.41, 5.74) is 3.46. The van der Waals surface area contributed by atoms with Crippen LogP contribution in [-0.4, -0.2) is 10.7 Å². The van der Waals surface area contributed by atoms with Crippen LogP contribution in [0.1, 0.15) is 26.7 Å². The highest BCUT2D eigenvalue weighted by atomic mass is 15.4. The Hall–Kier alpha value is -0.920. The van der Waals surface area contributed by atoms with E-state index < -0.39 is 0 Å². The molecular formula is C11H18N2. The van der Waals surface area contributed by atoms with E-state index >= 15 is 0 Å². The van der Waals surface area contributed by atoms with Crippen LogP contribution in [0.15, 0.2) is 24.5 Å². The second-order valence-corrected chi connectivity index (χ2v) is 4.39. The van der Waals surface area contributed by atoms with Gasteiger partial charge in [-0.2, -0.15) is 0 Å². The smallest absolute Gasteiger partial charge is 0.0429 e. The van der Waals surface area contributed by atoms with Crippen LogP contribution in [0.25, 0.3) is 0 Å². The van der Waals surface area contributed by atoms with Crippen molar-refractivity contribution >= 4 is 0 Å². The third-order valence-corrected chi connectivity index (χ3v) is 3.05. The van der Waals surface area contributed by atoms with E-state index in [1.165, 1.54) is 12.8 Å². The van der Waals surface area contributed by atoms with Crippen molar-refractivity contribution in [2.75, 3.05) is 5.43 Å². The minimum absolute atomic E-state index is 0.694. The second-order valence-electron chi connectivity index (χ2n) is 4.39. The molecule has 2 nitrogen and oxygen atoms in total. The molecule has 0 radical (unpaired) electrons. The van der Waals surface area contributed by atoms with E-state index in [1.807, 2.05) is 12.1 Å². The second kappa shape index (κ2) is 3.44. The predicted octanol–water partition coefficient (Wildman–Crippen LogP) is 2.47. The summed E-state index contributed by atoms with van der Waals surface area (Å²) in [6.45, 7) is 4.63. The summed E-state index contributed by atoms with van der Waals surface area (Å²) >= 11 is 0. The first-order valence-corrected chi connectivity index (χ1v) is 5.15. The highest BCUT2D eigenvalue weighted by Gasteiger charge is 2.30. The summed E-state index contributed by atoms with van der Waals surface area (Å²) in [7, 11) is 0. The van der Waals surface area contributed by atoms with Gasteiger partial charge in [0, 0.05) is 18.4 Å². The first-order chi connectivity index (χ1) is 6.25. The third kappa shape index (κ3) is 1.87. The van der Waals surface area contributed by atoms with Crippen LogP contribution in [0.3, 0.4) is 0 Å². The molecule has 72 valence electrons. The van der Waals surface area contributed by atoms with Gasteiger partial charge in [-0.25, -0.2) is 0 Å². The standard InChI is InChI=1S/C11H18N2/c1-9(2)10-7-11(8-10)12-13-5-3-4-6-13/h3-6,9-12H,7-8H2,1-2H3. The normalized spacial score (nSPS) is 27.3. The molecule has 0 bridgehead atoms. The highest BCUT2D eigenvalue weighted by molar-refractivity contribution is 4.99. The van der Waals surface area contributed by atoms with E-state index in [-0.39, 0.29) is 0 Å². The number of hydrogen-bond acceptors (Lipinski definition) is 1. The molecule has 0 unspecified atom stereocenters. The average molecular weight is 178 g/mol. The number of nitrogens with zero attached hydrogens (tertiary/aromatic N) is 1. The lowest BCUT2D eigenvalue weighted by Gasteiger charge is -2.39. The van der Waals surface area contributed by atoms with E-state index in [2.05, 4.69) is 36.3 Å². The van der Waals surface area contributed by atoms with Crippen LogP contribution in [0, 0.1) is 11.8 Å². The zero-order valence-corrected chi connectivity index (χ0v) is 8.40. The molecule has 1 fully saturated rings. The van der Waals surface area contributed by atoms with Gasteiger partial charge in [-0.3, -0.25) is 4.68 Å². The zero-order chi connectivity index (χ0) is 9.26. The molecule has 1 aliphatic rings. The summed E-state index contributed by atoms with van der Waals surface area (Å²) in [5, 5.41) is 0. The maximum Gasteiger partial charge on any atom is 0.0429 e. The first kappa shape index (κ1) is 8.67. The molecule has 0 amide bonds. The van der Waals surface area contributed by atoms with Gasteiger partial charge >= 0.3 is 0 Å². The molecule has 2 heteroatoms. The van der Waals surface area contributed by atoms with E-state index in [1.54, 1.807) is 0 Å². The molecule has 0 atom stereocenters. The molecule has 13 heavy (non-hydrogen) atoms. The Balaban J connectivity index is 1.76. The molecule has 1 aliphatic carbocycles. The maximum absolute atomic E-state index is 3.46. The molecule has 1 aromatic rings. The van der Waals surface area contributed by atoms with Crippen LogP contribution >= 0.6 is 0 Å². The predicted molar refractivity (Wildman–Crippen MR) is 55.1 cm³/mol. The summed E-state index contributed by atoms with van der Waals surface area (Å²) < 4.78 is 2.06. The Bertz CT molecular complexity index is 245. The van der Waals surface area contributed by atoms with E-state index in [9.17, 15) is 0 Å². The van der Waals surface area contributed by atoms with Crippen molar-refractivity contribution in [1.82, 2.24) is 4.68 Å². The monoisotopic (exact) mass is 178 g/mol.